The van der Waals surface area contributed by atoms with Crippen molar-refractivity contribution in [3.8, 4) is 11.5 Å². The molecule has 3 aromatic rings. The van der Waals surface area contributed by atoms with Crippen molar-refractivity contribution in [3.63, 3.8) is 0 Å². The quantitative estimate of drug-likeness (QED) is 0.234. The normalized spacial score (nSPS) is 14.1. The summed E-state index contributed by atoms with van der Waals surface area (Å²) in [6.07, 6.45) is -6.01. The Kier molecular flexibility index (Phi) is 10.4. The van der Waals surface area contributed by atoms with Crippen LogP contribution in [0, 0.1) is 6.92 Å². The number of methoxy groups -OCH3 is 1. The van der Waals surface area contributed by atoms with Crippen LogP contribution in [-0.4, -0.2) is 79.8 Å². The van der Waals surface area contributed by atoms with Crippen LogP contribution in [0.15, 0.2) is 60.7 Å². The Bertz CT molecular complexity index is 1450. The van der Waals surface area contributed by atoms with E-state index in [0.717, 1.165) is 23.4 Å². The van der Waals surface area contributed by atoms with E-state index in [1.165, 1.54) is 18.1 Å². The first-order valence-corrected chi connectivity index (χ1v) is 13.7. The second kappa shape index (κ2) is 14.2. The van der Waals surface area contributed by atoms with E-state index in [2.05, 4.69) is 16.0 Å². The average molecular weight is 618 g/mol. The van der Waals surface area contributed by atoms with Crippen LogP contribution >= 0.6 is 0 Å². The van der Waals surface area contributed by atoms with Crippen LogP contribution in [0.5, 0.6) is 11.5 Å². The third kappa shape index (κ3) is 8.45. The van der Waals surface area contributed by atoms with Gasteiger partial charge in [-0.05, 0) is 67.1 Å². The molecule has 1 aliphatic rings. The molecule has 1 unspecified atom stereocenters. The molecule has 0 saturated carbocycles. The minimum atomic E-state index is -4.77. The standard InChI is InChI=1S/C30H34F3N5O6/c1-19-3-10-27(43-2)26(15-19)35-28(41)34-20-4-6-21(7-5-20)37-11-13-38(14-12-37)29(42)36-25-9-8-23(44-18-22(40)17-39)16-24(25)30(31,32)33/h3-10,15-16,22,39-40H,11-14,17-18H2,1-2H3,(H,36,42)(H2,34,35,41). The molecule has 1 atom stereocenters. The summed E-state index contributed by atoms with van der Waals surface area (Å²) in [5.41, 5.74) is 1.41. The van der Waals surface area contributed by atoms with Crippen molar-refractivity contribution in [2.24, 2.45) is 0 Å². The predicted octanol–water partition coefficient (Wildman–Crippen LogP) is 4.75. The van der Waals surface area contributed by atoms with Crippen molar-refractivity contribution < 1.29 is 42.4 Å². The highest BCUT2D eigenvalue weighted by Gasteiger charge is 2.35. The Morgan fingerprint density at radius 2 is 1.64 bits per heavy atom. The van der Waals surface area contributed by atoms with Crippen LogP contribution in [0.25, 0.3) is 0 Å². The lowest BCUT2D eigenvalue weighted by Crippen LogP contribution is -2.50. The number of alkyl halides is 3. The summed E-state index contributed by atoms with van der Waals surface area (Å²) >= 11 is 0. The van der Waals surface area contributed by atoms with E-state index < -0.39 is 42.2 Å². The lowest BCUT2D eigenvalue weighted by Gasteiger charge is -2.36. The maximum Gasteiger partial charge on any atom is 0.418 e. The molecular weight excluding hydrogens is 583 g/mol. The summed E-state index contributed by atoms with van der Waals surface area (Å²) in [4.78, 5) is 28.8. The SMILES string of the molecule is COc1ccc(C)cc1NC(=O)Nc1ccc(N2CCN(C(=O)Nc3ccc(OCC(O)CO)cc3C(F)(F)F)CC2)cc1. The Morgan fingerprint density at radius 3 is 2.27 bits per heavy atom. The molecule has 44 heavy (non-hydrogen) atoms. The molecule has 0 aliphatic carbocycles. The molecule has 1 saturated heterocycles. The van der Waals surface area contributed by atoms with Gasteiger partial charge >= 0.3 is 18.2 Å². The van der Waals surface area contributed by atoms with Gasteiger partial charge in [0.1, 0.15) is 24.2 Å². The third-order valence-electron chi connectivity index (χ3n) is 6.85. The summed E-state index contributed by atoms with van der Waals surface area (Å²) in [6.45, 7) is 2.35. The van der Waals surface area contributed by atoms with Crippen LogP contribution < -0.4 is 30.3 Å². The lowest BCUT2D eigenvalue weighted by molar-refractivity contribution is -0.137. The summed E-state index contributed by atoms with van der Waals surface area (Å²) in [5, 5.41) is 26.1. The fraction of sp³-hybridized carbons (Fsp3) is 0.333. The summed E-state index contributed by atoms with van der Waals surface area (Å²) < 4.78 is 51.6. The number of nitrogens with zero attached hydrogens (tertiary/aromatic N) is 2. The Balaban J connectivity index is 1.31. The second-order valence-electron chi connectivity index (χ2n) is 10.1. The van der Waals surface area contributed by atoms with Crippen LogP contribution in [0.2, 0.25) is 0 Å². The minimum Gasteiger partial charge on any atom is -0.495 e. The number of anilines is 4. The zero-order chi connectivity index (χ0) is 31.9. The molecule has 3 aromatic carbocycles. The van der Waals surface area contributed by atoms with Crippen LogP contribution in [0.4, 0.5) is 45.5 Å². The number of ether oxygens (including phenoxy) is 2. The van der Waals surface area contributed by atoms with Crippen molar-refractivity contribution in [2.45, 2.75) is 19.2 Å². The molecule has 0 bridgehead atoms. The fourth-order valence-electron chi connectivity index (χ4n) is 4.52. The molecule has 4 rings (SSSR count). The number of carbonyl (C=O) groups excluding carboxylic acids is 2. The highest BCUT2D eigenvalue weighted by Crippen LogP contribution is 2.37. The van der Waals surface area contributed by atoms with E-state index in [9.17, 15) is 27.9 Å². The van der Waals surface area contributed by atoms with Gasteiger partial charge in [-0.15, -0.1) is 0 Å². The van der Waals surface area contributed by atoms with Crippen molar-refractivity contribution in [2.75, 3.05) is 67.4 Å². The van der Waals surface area contributed by atoms with Crippen molar-refractivity contribution in [1.82, 2.24) is 4.90 Å². The Morgan fingerprint density at radius 1 is 0.932 bits per heavy atom. The summed E-state index contributed by atoms with van der Waals surface area (Å²) in [5.74, 6) is 0.374. The molecular formula is C30H34F3N5O6. The number of nitrogens with one attached hydrogen (secondary N) is 3. The third-order valence-corrected chi connectivity index (χ3v) is 6.85. The van der Waals surface area contributed by atoms with Gasteiger partial charge in [-0.25, -0.2) is 9.59 Å². The van der Waals surface area contributed by atoms with E-state index in [0.29, 0.717) is 30.2 Å². The molecule has 1 heterocycles. The van der Waals surface area contributed by atoms with Crippen LogP contribution in [-0.2, 0) is 6.18 Å². The molecule has 1 aliphatic heterocycles. The largest absolute Gasteiger partial charge is 0.495 e. The summed E-state index contributed by atoms with van der Waals surface area (Å²) in [6, 6.07) is 14.6. The Labute approximate surface area is 252 Å². The number of aryl methyl sites for hydroxylation is 1. The molecule has 0 spiro atoms. The maximum atomic E-state index is 13.7. The smallest absolute Gasteiger partial charge is 0.418 e. The number of aliphatic hydroxyl groups excluding tert-OH is 2. The van der Waals surface area contributed by atoms with Crippen LogP contribution in [0.3, 0.4) is 0 Å². The number of piperazine rings is 1. The molecule has 14 heteroatoms. The highest BCUT2D eigenvalue weighted by atomic mass is 19.4. The first-order chi connectivity index (χ1) is 21.0. The average Bonchev–Trinajstić information content (AvgIpc) is 3.00. The minimum absolute atomic E-state index is 0.162. The number of urea groups is 2. The molecule has 0 radical (unpaired) electrons. The number of halogens is 3. The van der Waals surface area contributed by atoms with Gasteiger partial charge < -0.3 is 45.4 Å². The van der Waals surface area contributed by atoms with Gasteiger partial charge in [0, 0.05) is 37.6 Å². The topological polar surface area (TPSA) is 136 Å². The molecule has 5 N–H and O–H groups in total. The monoisotopic (exact) mass is 617 g/mol. The lowest BCUT2D eigenvalue weighted by atomic mass is 10.1. The first-order valence-electron chi connectivity index (χ1n) is 13.7. The number of hydrogen-bond donors (Lipinski definition) is 5. The predicted molar refractivity (Wildman–Crippen MR) is 160 cm³/mol. The van der Waals surface area contributed by atoms with Crippen molar-refractivity contribution >= 4 is 34.8 Å². The number of rotatable bonds is 9. The van der Waals surface area contributed by atoms with Crippen molar-refractivity contribution in [1.29, 1.82) is 0 Å². The van der Waals surface area contributed by atoms with Gasteiger partial charge in [-0.2, -0.15) is 13.2 Å². The van der Waals surface area contributed by atoms with Gasteiger partial charge in [0.15, 0.2) is 0 Å². The maximum absolute atomic E-state index is 13.7. The van der Waals surface area contributed by atoms with E-state index in [-0.39, 0.29) is 25.4 Å². The number of carbonyl (C=O) groups is 2. The second-order valence-corrected chi connectivity index (χ2v) is 10.1. The number of hydrogen-bond acceptors (Lipinski definition) is 7. The van der Waals surface area contributed by atoms with E-state index in [1.54, 1.807) is 24.3 Å². The number of aliphatic hydroxyl groups is 2. The van der Waals surface area contributed by atoms with Gasteiger partial charge in [0.2, 0.25) is 0 Å². The van der Waals surface area contributed by atoms with Gasteiger partial charge in [0.25, 0.3) is 0 Å². The molecule has 11 nitrogen and oxygen atoms in total. The molecule has 0 aromatic heterocycles. The zero-order valence-electron chi connectivity index (χ0n) is 24.1. The summed E-state index contributed by atoms with van der Waals surface area (Å²) in [7, 11) is 1.52. The van der Waals surface area contributed by atoms with Crippen molar-refractivity contribution in [3.05, 3.63) is 71.8 Å². The Hall–Kier alpha value is -4.69. The van der Waals surface area contributed by atoms with E-state index in [4.69, 9.17) is 14.6 Å². The van der Waals surface area contributed by atoms with Gasteiger partial charge in [-0.3, -0.25) is 0 Å². The first kappa shape index (κ1) is 32.2. The fourth-order valence-corrected chi connectivity index (χ4v) is 4.52. The van der Waals surface area contributed by atoms with Crippen LogP contribution in [0.1, 0.15) is 11.1 Å². The van der Waals surface area contributed by atoms with E-state index >= 15 is 0 Å². The highest BCUT2D eigenvalue weighted by molar-refractivity contribution is 6.00. The van der Waals surface area contributed by atoms with Gasteiger partial charge in [0.05, 0.1) is 30.7 Å². The number of benzene rings is 3. The number of amides is 4. The van der Waals surface area contributed by atoms with E-state index in [1.807, 2.05) is 30.0 Å². The molecule has 4 amide bonds. The molecule has 236 valence electrons. The molecule has 1 fully saturated rings. The zero-order valence-corrected chi connectivity index (χ0v) is 24.1. The van der Waals surface area contributed by atoms with Gasteiger partial charge in [-0.1, -0.05) is 6.07 Å².